The van der Waals surface area contributed by atoms with Gasteiger partial charge in [0.1, 0.15) is 0 Å². The summed E-state index contributed by atoms with van der Waals surface area (Å²) in [6.45, 7) is 4.31. The molecule has 1 amide bonds. The summed E-state index contributed by atoms with van der Waals surface area (Å²) in [5, 5.41) is 5.14. The Morgan fingerprint density at radius 3 is 2.14 bits per heavy atom. The number of carbonyl (C=O) groups is 1. The highest BCUT2D eigenvalue weighted by molar-refractivity contribution is 6.44. The molecule has 1 saturated heterocycles. The average molecular weight is 482 g/mol. The second kappa shape index (κ2) is 9.86. The van der Waals surface area contributed by atoms with E-state index in [1.165, 1.54) is 6.07 Å². The lowest BCUT2D eigenvalue weighted by atomic mass is 10.2. The van der Waals surface area contributed by atoms with E-state index in [9.17, 15) is 4.79 Å². The molecule has 3 rings (SSSR count). The van der Waals surface area contributed by atoms with Crippen LogP contribution in [0.1, 0.15) is 5.56 Å². The molecule has 0 spiro atoms. The fourth-order valence-electron chi connectivity index (χ4n) is 3.01. The van der Waals surface area contributed by atoms with Gasteiger partial charge in [-0.3, -0.25) is 14.6 Å². The van der Waals surface area contributed by atoms with Gasteiger partial charge in [-0.2, -0.15) is 0 Å². The predicted molar refractivity (Wildman–Crippen MR) is 118 cm³/mol. The van der Waals surface area contributed by atoms with Gasteiger partial charge in [-0.25, -0.2) is 0 Å². The predicted octanol–water partition coefficient (Wildman–Crippen LogP) is 5.71. The fourth-order valence-corrected chi connectivity index (χ4v) is 4.07. The van der Waals surface area contributed by atoms with Crippen LogP contribution in [0.3, 0.4) is 0 Å². The number of carbonyl (C=O) groups excluding carboxylic acids is 1. The van der Waals surface area contributed by atoms with Gasteiger partial charge in [0.25, 0.3) is 0 Å². The summed E-state index contributed by atoms with van der Waals surface area (Å²) in [6.07, 6.45) is 0. The summed E-state index contributed by atoms with van der Waals surface area (Å²) >= 11 is 30.2. The highest BCUT2D eigenvalue weighted by atomic mass is 35.5. The first kappa shape index (κ1) is 22.0. The zero-order valence-electron chi connectivity index (χ0n) is 14.8. The van der Waals surface area contributed by atoms with Crippen molar-refractivity contribution in [2.24, 2.45) is 0 Å². The Kier molecular flexibility index (Phi) is 7.74. The molecule has 0 aliphatic carbocycles. The second-order valence-corrected chi connectivity index (χ2v) is 8.65. The van der Waals surface area contributed by atoms with E-state index in [0.29, 0.717) is 30.8 Å². The Balaban J connectivity index is 1.49. The number of benzene rings is 2. The van der Waals surface area contributed by atoms with E-state index in [-0.39, 0.29) is 12.5 Å². The molecule has 1 fully saturated rings. The largest absolute Gasteiger partial charge is 0.324 e. The van der Waals surface area contributed by atoms with Crippen molar-refractivity contribution in [3.8, 4) is 0 Å². The molecule has 150 valence electrons. The molecule has 2 aromatic carbocycles. The van der Waals surface area contributed by atoms with Gasteiger partial charge in [0, 0.05) is 42.8 Å². The maximum atomic E-state index is 12.3. The van der Waals surface area contributed by atoms with Crippen LogP contribution in [-0.4, -0.2) is 48.4 Å². The molecule has 0 saturated carbocycles. The van der Waals surface area contributed by atoms with Crippen molar-refractivity contribution in [2.45, 2.75) is 6.54 Å². The molecule has 1 heterocycles. The van der Waals surface area contributed by atoms with Gasteiger partial charge in [-0.15, -0.1) is 0 Å². The van der Waals surface area contributed by atoms with E-state index in [2.05, 4.69) is 15.1 Å². The quantitative estimate of drug-likeness (QED) is 0.556. The maximum Gasteiger partial charge on any atom is 0.238 e. The van der Waals surface area contributed by atoms with Gasteiger partial charge in [0.2, 0.25) is 5.91 Å². The number of hydrogen-bond acceptors (Lipinski definition) is 3. The van der Waals surface area contributed by atoms with Crippen LogP contribution in [0.5, 0.6) is 0 Å². The van der Waals surface area contributed by atoms with Crippen LogP contribution in [0.4, 0.5) is 5.69 Å². The number of piperazine rings is 1. The Morgan fingerprint density at radius 2 is 1.46 bits per heavy atom. The Morgan fingerprint density at radius 1 is 0.821 bits per heavy atom. The van der Waals surface area contributed by atoms with Crippen molar-refractivity contribution < 1.29 is 4.79 Å². The average Bonchev–Trinajstić information content (AvgIpc) is 2.63. The highest BCUT2D eigenvalue weighted by Crippen LogP contribution is 2.32. The summed E-state index contributed by atoms with van der Waals surface area (Å²) in [5.74, 6) is -0.144. The van der Waals surface area contributed by atoms with Gasteiger partial charge in [-0.1, -0.05) is 64.1 Å². The zero-order chi connectivity index (χ0) is 20.3. The third-order valence-corrected chi connectivity index (χ3v) is 6.15. The van der Waals surface area contributed by atoms with E-state index in [0.717, 1.165) is 38.3 Å². The minimum absolute atomic E-state index is 0.144. The molecule has 1 aliphatic heterocycles. The molecule has 0 aromatic heterocycles. The third kappa shape index (κ3) is 5.90. The van der Waals surface area contributed by atoms with E-state index in [1.807, 2.05) is 12.1 Å². The molecular formula is C19H18Cl5N3O. The molecule has 1 N–H and O–H groups in total. The van der Waals surface area contributed by atoms with Crippen LogP contribution < -0.4 is 5.32 Å². The van der Waals surface area contributed by atoms with Gasteiger partial charge in [-0.05, 0) is 29.8 Å². The number of rotatable bonds is 5. The van der Waals surface area contributed by atoms with E-state index < -0.39 is 0 Å². The monoisotopic (exact) mass is 479 g/mol. The molecule has 2 aromatic rings. The lowest BCUT2D eigenvalue weighted by molar-refractivity contribution is -0.117. The van der Waals surface area contributed by atoms with Crippen molar-refractivity contribution in [2.75, 3.05) is 38.0 Å². The van der Waals surface area contributed by atoms with Gasteiger partial charge < -0.3 is 5.32 Å². The van der Waals surface area contributed by atoms with Crippen molar-refractivity contribution in [1.82, 2.24) is 9.80 Å². The lowest BCUT2D eigenvalue weighted by Crippen LogP contribution is -2.48. The van der Waals surface area contributed by atoms with Crippen LogP contribution >= 0.6 is 58.0 Å². The smallest absolute Gasteiger partial charge is 0.238 e. The Labute approximate surface area is 189 Å². The first-order chi connectivity index (χ1) is 13.3. The normalized spacial score (nSPS) is 15.6. The van der Waals surface area contributed by atoms with Crippen molar-refractivity contribution in [1.29, 1.82) is 0 Å². The minimum atomic E-state index is -0.144. The lowest BCUT2D eigenvalue weighted by Gasteiger charge is -2.34. The van der Waals surface area contributed by atoms with E-state index >= 15 is 0 Å². The van der Waals surface area contributed by atoms with Crippen LogP contribution in [0.25, 0.3) is 0 Å². The zero-order valence-corrected chi connectivity index (χ0v) is 18.6. The fraction of sp³-hybridized carbons (Fsp3) is 0.316. The topological polar surface area (TPSA) is 35.6 Å². The van der Waals surface area contributed by atoms with Gasteiger partial charge in [0.15, 0.2) is 0 Å². The first-order valence-corrected chi connectivity index (χ1v) is 10.5. The highest BCUT2D eigenvalue weighted by Gasteiger charge is 2.20. The molecule has 1 aliphatic rings. The van der Waals surface area contributed by atoms with Crippen molar-refractivity contribution >= 4 is 69.6 Å². The van der Waals surface area contributed by atoms with Crippen LogP contribution in [0.2, 0.25) is 25.1 Å². The number of nitrogens with one attached hydrogen (secondary N) is 1. The summed E-state index contributed by atoms with van der Waals surface area (Å²) < 4.78 is 0. The van der Waals surface area contributed by atoms with Gasteiger partial charge >= 0.3 is 0 Å². The molecule has 0 radical (unpaired) electrons. The molecule has 28 heavy (non-hydrogen) atoms. The maximum absolute atomic E-state index is 12.3. The van der Waals surface area contributed by atoms with Crippen LogP contribution in [0, 0.1) is 0 Å². The molecule has 9 heteroatoms. The number of nitrogens with zero attached hydrogens (tertiary/aromatic N) is 2. The number of anilines is 1. The molecular weight excluding hydrogens is 463 g/mol. The Bertz CT molecular complexity index is 869. The number of halogens is 5. The summed E-state index contributed by atoms with van der Waals surface area (Å²) in [6, 6.07) is 8.62. The standard InChI is InChI=1S/C19H18Cl5N3O/c20-13-2-1-12(14(21)7-13)10-26-3-5-27(6-4-26)11-19(28)25-18-9-16(23)15(22)8-17(18)24/h1-2,7-9H,3-6,10-11H2,(H,25,28). The summed E-state index contributed by atoms with van der Waals surface area (Å²) in [5.41, 5.74) is 1.50. The summed E-state index contributed by atoms with van der Waals surface area (Å²) in [4.78, 5) is 16.8. The molecule has 0 bridgehead atoms. The Hall–Kier alpha value is -0.720. The van der Waals surface area contributed by atoms with Crippen LogP contribution in [0.15, 0.2) is 30.3 Å². The molecule has 0 atom stereocenters. The summed E-state index contributed by atoms with van der Waals surface area (Å²) in [7, 11) is 0. The van der Waals surface area contributed by atoms with Gasteiger partial charge in [0.05, 0.1) is 27.3 Å². The molecule has 0 unspecified atom stereocenters. The van der Waals surface area contributed by atoms with Crippen molar-refractivity contribution in [3.63, 3.8) is 0 Å². The van der Waals surface area contributed by atoms with Crippen LogP contribution in [-0.2, 0) is 11.3 Å². The van der Waals surface area contributed by atoms with E-state index in [4.69, 9.17) is 58.0 Å². The number of hydrogen-bond donors (Lipinski definition) is 1. The third-order valence-electron chi connectivity index (χ3n) is 4.53. The second-order valence-electron chi connectivity index (χ2n) is 6.58. The van der Waals surface area contributed by atoms with E-state index in [1.54, 1.807) is 12.1 Å². The first-order valence-electron chi connectivity index (χ1n) is 8.65. The minimum Gasteiger partial charge on any atom is -0.324 e. The van der Waals surface area contributed by atoms with Crippen molar-refractivity contribution in [3.05, 3.63) is 61.0 Å². The molecule has 4 nitrogen and oxygen atoms in total. The SMILES string of the molecule is O=C(CN1CCN(Cc2ccc(Cl)cc2Cl)CC1)Nc1cc(Cl)c(Cl)cc1Cl. The number of amides is 1.